The maximum Gasteiger partial charge on any atom is 0.252 e. The van der Waals surface area contributed by atoms with Gasteiger partial charge in [0.1, 0.15) is 6.04 Å². The van der Waals surface area contributed by atoms with Gasteiger partial charge in [-0.05, 0) is 24.5 Å². The van der Waals surface area contributed by atoms with E-state index >= 15 is 0 Å². The number of nitrogens with zero attached hydrogens (tertiary/aromatic N) is 1. The number of anilines is 1. The lowest BCUT2D eigenvalue weighted by atomic mass is 10.1. The molecule has 130 valence electrons. The maximum absolute atomic E-state index is 12.5. The quantitative estimate of drug-likeness (QED) is 0.839. The molecular weight excluding hydrogens is 308 g/mol. The van der Waals surface area contributed by atoms with Crippen LogP contribution >= 0.6 is 0 Å². The molecule has 1 N–H and O–H groups in total. The van der Waals surface area contributed by atoms with Gasteiger partial charge in [0.05, 0.1) is 19.6 Å². The highest BCUT2D eigenvalue weighted by Gasteiger charge is 2.38. The van der Waals surface area contributed by atoms with Gasteiger partial charge in [0.25, 0.3) is 5.91 Å². The zero-order valence-corrected chi connectivity index (χ0v) is 14.2. The van der Waals surface area contributed by atoms with Crippen molar-refractivity contribution in [3.8, 4) is 11.5 Å². The number of amides is 2. The molecule has 1 atom stereocenters. The molecule has 2 amide bonds. The molecule has 1 saturated heterocycles. The van der Waals surface area contributed by atoms with E-state index in [1.165, 1.54) is 4.90 Å². The van der Waals surface area contributed by atoms with Crippen molar-refractivity contribution in [3.05, 3.63) is 18.2 Å². The Morgan fingerprint density at radius 3 is 2.71 bits per heavy atom. The molecular formula is C18H24N2O4. The van der Waals surface area contributed by atoms with Gasteiger partial charge in [0.15, 0.2) is 11.5 Å². The van der Waals surface area contributed by atoms with Crippen LogP contribution in [0.15, 0.2) is 18.2 Å². The fourth-order valence-electron chi connectivity index (χ4n) is 2.87. The minimum atomic E-state index is -0.505. The van der Waals surface area contributed by atoms with Crippen LogP contribution in [0.4, 0.5) is 5.69 Å². The summed E-state index contributed by atoms with van der Waals surface area (Å²) in [6, 6.07) is 5.01. The number of hydrogen-bond acceptors (Lipinski definition) is 5. The highest BCUT2D eigenvalue weighted by molar-refractivity contribution is 6.06. The van der Waals surface area contributed by atoms with Gasteiger partial charge in [0.2, 0.25) is 5.91 Å². The van der Waals surface area contributed by atoms with E-state index in [1.807, 2.05) is 18.2 Å². The second-order valence-electron chi connectivity index (χ2n) is 6.68. The van der Waals surface area contributed by atoms with Crippen molar-refractivity contribution in [2.24, 2.45) is 5.92 Å². The molecule has 0 aliphatic carbocycles. The molecule has 0 aromatic heterocycles. The lowest BCUT2D eigenvalue weighted by Crippen LogP contribution is -2.35. The summed E-state index contributed by atoms with van der Waals surface area (Å²) >= 11 is 0. The van der Waals surface area contributed by atoms with Gasteiger partial charge in [-0.15, -0.1) is 0 Å². The highest BCUT2D eigenvalue weighted by atomic mass is 16.5. The molecule has 6 nitrogen and oxygen atoms in total. The van der Waals surface area contributed by atoms with Gasteiger partial charge in [-0.1, -0.05) is 13.8 Å². The normalized spacial score (nSPS) is 20.5. The van der Waals surface area contributed by atoms with E-state index in [9.17, 15) is 9.59 Å². The van der Waals surface area contributed by atoms with Crippen molar-refractivity contribution in [2.45, 2.75) is 39.2 Å². The first-order valence-corrected chi connectivity index (χ1v) is 8.55. The average molecular weight is 332 g/mol. The number of rotatable bonds is 5. The second kappa shape index (κ2) is 7.11. The fraction of sp³-hybridized carbons (Fsp3) is 0.556. The van der Waals surface area contributed by atoms with Gasteiger partial charge in [0, 0.05) is 24.7 Å². The van der Waals surface area contributed by atoms with Crippen molar-refractivity contribution in [2.75, 3.05) is 25.1 Å². The number of fused-ring (bicyclic) bond motifs is 1. The highest BCUT2D eigenvalue weighted by Crippen LogP contribution is 2.33. The Bertz CT molecular complexity index is 629. The topological polar surface area (TPSA) is 67.9 Å². The molecule has 3 rings (SSSR count). The number of hydrogen-bond donors (Lipinski definition) is 1. The summed E-state index contributed by atoms with van der Waals surface area (Å²) in [4.78, 5) is 25.9. The third-order valence-corrected chi connectivity index (χ3v) is 4.26. The van der Waals surface area contributed by atoms with Crippen LogP contribution in [0.3, 0.4) is 0 Å². The molecule has 2 aliphatic rings. The van der Waals surface area contributed by atoms with E-state index in [4.69, 9.17) is 9.47 Å². The van der Waals surface area contributed by atoms with E-state index in [0.29, 0.717) is 37.2 Å². The molecule has 1 fully saturated rings. The molecule has 24 heavy (non-hydrogen) atoms. The average Bonchev–Trinajstić information content (AvgIpc) is 2.71. The van der Waals surface area contributed by atoms with Crippen LogP contribution in [0.1, 0.15) is 33.1 Å². The first kappa shape index (κ1) is 16.6. The summed E-state index contributed by atoms with van der Waals surface area (Å²) in [7, 11) is 0. The second-order valence-corrected chi connectivity index (χ2v) is 6.68. The maximum atomic E-state index is 12.5. The van der Waals surface area contributed by atoms with Crippen molar-refractivity contribution in [1.29, 1.82) is 0 Å². The Hall–Kier alpha value is -2.24. The number of likely N-dealkylation sites (tertiary alicyclic amines) is 1. The number of benzene rings is 1. The molecule has 0 saturated carbocycles. The van der Waals surface area contributed by atoms with Gasteiger partial charge in [-0.3, -0.25) is 14.5 Å². The number of imide groups is 1. The number of carbonyl (C=O) groups is 2. The summed E-state index contributed by atoms with van der Waals surface area (Å²) in [6.07, 6.45) is 1.87. The van der Waals surface area contributed by atoms with Gasteiger partial charge in [-0.25, -0.2) is 0 Å². The van der Waals surface area contributed by atoms with Crippen molar-refractivity contribution >= 4 is 17.5 Å². The van der Waals surface area contributed by atoms with E-state index in [1.54, 1.807) is 0 Å². The molecule has 0 bridgehead atoms. The molecule has 0 spiro atoms. The smallest absolute Gasteiger partial charge is 0.252 e. The van der Waals surface area contributed by atoms with Crippen LogP contribution in [0.2, 0.25) is 0 Å². The number of carbonyl (C=O) groups excluding carboxylic acids is 2. The van der Waals surface area contributed by atoms with Crippen LogP contribution in [0, 0.1) is 5.92 Å². The third kappa shape index (κ3) is 3.63. The van der Waals surface area contributed by atoms with Crippen LogP contribution < -0.4 is 14.8 Å². The Morgan fingerprint density at radius 1 is 1.21 bits per heavy atom. The predicted molar refractivity (Wildman–Crippen MR) is 90.3 cm³/mol. The molecule has 6 heteroatoms. The molecule has 0 radical (unpaired) electrons. The lowest BCUT2D eigenvalue weighted by molar-refractivity contribution is -0.138. The van der Waals surface area contributed by atoms with E-state index in [-0.39, 0.29) is 18.2 Å². The predicted octanol–water partition coefficient (Wildman–Crippen LogP) is 2.43. The summed E-state index contributed by atoms with van der Waals surface area (Å²) in [5, 5.41) is 3.16. The number of ether oxygens (including phenoxy) is 2. The van der Waals surface area contributed by atoms with Crippen LogP contribution in [0.25, 0.3) is 0 Å². The minimum Gasteiger partial charge on any atom is -0.490 e. The van der Waals surface area contributed by atoms with Gasteiger partial charge >= 0.3 is 0 Å². The largest absolute Gasteiger partial charge is 0.490 e. The Kier molecular flexibility index (Phi) is 4.92. The van der Waals surface area contributed by atoms with Crippen LogP contribution in [-0.2, 0) is 9.59 Å². The van der Waals surface area contributed by atoms with Gasteiger partial charge in [-0.2, -0.15) is 0 Å². The fourth-order valence-corrected chi connectivity index (χ4v) is 2.87. The standard InChI is InChI=1S/C18H24N2O4/c1-12(2)6-7-20-17(21)11-14(18(20)22)19-13-4-5-15-16(10-13)24-9-3-8-23-15/h4-5,10,12,14,19H,3,6-9,11H2,1-2H3/t14-/m1/s1. The van der Waals surface area contributed by atoms with Crippen molar-refractivity contribution in [3.63, 3.8) is 0 Å². The summed E-state index contributed by atoms with van der Waals surface area (Å²) < 4.78 is 11.3. The SMILES string of the molecule is CC(C)CCN1C(=O)C[C@@H](Nc2ccc3c(c2)OCCCO3)C1=O. The Balaban J connectivity index is 1.67. The summed E-state index contributed by atoms with van der Waals surface area (Å²) in [5.41, 5.74) is 0.760. The molecule has 0 unspecified atom stereocenters. The summed E-state index contributed by atoms with van der Waals surface area (Å²) in [6.45, 7) is 5.91. The number of nitrogens with one attached hydrogen (secondary N) is 1. The first-order chi connectivity index (χ1) is 11.5. The van der Waals surface area contributed by atoms with E-state index < -0.39 is 6.04 Å². The lowest BCUT2D eigenvalue weighted by Gasteiger charge is -2.17. The molecule has 2 aliphatic heterocycles. The van der Waals surface area contributed by atoms with E-state index in [0.717, 1.165) is 18.5 Å². The zero-order chi connectivity index (χ0) is 17.1. The summed E-state index contributed by atoms with van der Waals surface area (Å²) in [5.74, 6) is 1.59. The molecule has 1 aromatic rings. The van der Waals surface area contributed by atoms with Crippen molar-refractivity contribution < 1.29 is 19.1 Å². The van der Waals surface area contributed by atoms with E-state index in [2.05, 4.69) is 19.2 Å². The first-order valence-electron chi connectivity index (χ1n) is 8.55. The van der Waals surface area contributed by atoms with Crippen LogP contribution in [0.5, 0.6) is 11.5 Å². The zero-order valence-electron chi connectivity index (χ0n) is 14.2. The Labute approximate surface area is 142 Å². The van der Waals surface area contributed by atoms with Crippen molar-refractivity contribution in [1.82, 2.24) is 4.90 Å². The minimum absolute atomic E-state index is 0.104. The monoisotopic (exact) mass is 332 g/mol. The Morgan fingerprint density at radius 2 is 1.96 bits per heavy atom. The van der Waals surface area contributed by atoms with Crippen LogP contribution in [-0.4, -0.2) is 42.5 Å². The molecule has 2 heterocycles. The molecule has 1 aromatic carbocycles. The third-order valence-electron chi connectivity index (χ3n) is 4.26. The van der Waals surface area contributed by atoms with Gasteiger partial charge < -0.3 is 14.8 Å².